The molecule has 0 saturated heterocycles. The zero-order valence-corrected chi connectivity index (χ0v) is 7.42. The molecule has 0 aliphatic carbocycles. The van der Waals surface area contributed by atoms with Gasteiger partial charge in [-0.3, -0.25) is 0 Å². The van der Waals surface area contributed by atoms with E-state index >= 15 is 0 Å². The highest BCUT2D eigenvalue weighted by atomic mass is 32.2. The molecule has 11 heavy (non-hydrogen) atoms. The molecule has 6 nitrogen and oxygen atoms in total. The standard InChI is InChI=1S/C3H8O6S2/c1-8-3(2-10(4)5)9-11(6)7/h3,10-11H,2H2,1H3. The van der Waals surface area contributed by atoms with E-state index < -0.39 is 33.7 Å². The molecule has 0 fully saturated rings. The maximum atomic E-state index is 10.0. The summed E-state index contributed by atoms with van der Waals surface area (Å²) in [6.45, 7) is 0. The van der Waals surface area contributed by atoms with E-state index in [0.29, 0.717) is 0 Å². The van der Waals surface area contributed by atoms with Crippen molar-refractivity contribution in [2.75, 3.05) is 12.9 Å². The Morgan fingerprint density at radius 2 is 1.82 bits per heavy atom. The molecule has 0 aliphatic heterocycles. The van der Waals surface area contributed by atoms with Crippen molar-refractivity contribution < 1.29 is 25.8 Å². The van der Waals surface area contributed by atoms with E-state index in [-0.39, 0.29) is 0 Å². The van der Waals surface area contributed by atoms with Crippen LogP contribution in [0.15, 0.2) is 0 Å². The van der Waals surface area contributed by atoms with E-state index in [4.69, 9.17) is 0 Å². The molecule has 0 radical (unpaired) electrons. The molecule has 0 aliphatic rings. The first kappa shape index (κ1) is 10.8. The highest BCUT2D eigenvalue weighted by Crippen LogP contribution is 1.92. The number of thiol groups is 2. The van der Waals surface area contributed by atoms with Gasteiger partial charge in [0.1, 0.15) is 10.7 Å². The van der Waals surface area contributed by atoms with Crippen LogP contribution in [0.3, 0.4) is 0 Å². The Hall–Kier alpha value is -0.180. The Balaban J connectivity index is 3.95. The Kier molecular flexibility index (Phi) is 5.38. The van der Waals surface area contributed by atoms with E-state index in [1.807, 2.05) is 0 Å². The molecule has 1 atom stereocenters. The van der Waals surface area contributed by atoms with E-state index in [1.165, 1.54) is 0 Å². The molecule has 0 heterocycles. The van der Waals surface area contributed by atoms with Gasteiger partial charge in [0.05, 0.1) is 5.75 Å². The Morgan fingerprint density at radius 1 is 1.27 bits per heavy atom. The third-order valence-electron chi connectivity index (χ3n) is 0.765. The Morgan fingerprint density at radius 3 is 2.09 bits per heavy atom. The van der Waals surface area contributed by atoms with Crippen molar-refractivity contribution in [1.29, 1.82) is 0 Å². The van der Waals surface area contributed by atoms with Crippen molar-refractivity contribution in [2.45, 2.75) is 6.29 Å². The molecule has 0 saturated carbocycles. The molecule has 1 unspecified atom stereocenters. The van der Waals surface area contributed by atoms with Gasteiger partial charge in [-0.15, -0.1) is 0 Å². The minimum atomic E-state index is -3.07. The summed E-state index contributed by atoms with van der Waals surface area (Å²) in [5.41, 5.74) is 0. The second-order valence-electron chi connectivity index (χ2n) is 1.51. The smallest absolute Gasteiger partial charge is 0.259 e. The predicted octanol–water partition coefficient (Wildman–Crippen LogP) is -1.89. The Labute approximate surface area is 67.2 Å². The number of methoxy groups -OCH3 is 1. The van der Waals surface area contributed by atoms with Crippen molar-refractivity contribution in [3.05, 3.63) is 0 Å². The van der Waals surface area contributed by atoms with Crippen LogP contribution in [0.1, 0.15) is 0 Å². The monoisotopic (exact) mass is 204 g/mol. The van der Waals surface area contributed by atoms with Crippen molar-refractivity contribution in [3.8, 4) is 0 Å². The molecule has 8 heteroatoms. The number of hydrogen-bond donors (Lipinski definition) is 2. The summed E-state index contributed by atoms with van der Waals surface area (Å²) in [5, 5.41) is 0. The zero-order chi connectivity index (χ0) is 8.85. The van der Waals surface area contributed by atoms with Crippen LogP contribution in [0.5, 0.6) is 0 Å². The fraction of sp³-hybridized carbons (Fsp3) is 1.00. The van der Waals surface area contributed by atoms with Crippen LogP contribution in [0.4, 0.5) is 0 Å². The predicted molar refractivity (Wildman–Crippen MR) is 37.4 cm³/mol. The maximum Gasteiger partial charge on any atom is 0.259 e. The molecule has 0 amide bonds. The highest BCUT2D eigenvalue weighted by molar-refractivity contribution is 7.72. The second kappa shape index (κ2) is 5.47. The van der Waals surface area contributed by atoms with Gasteiger partial charge in [0.2, 0.25) is 0 Å². The SMILES string of the molecule is COC(C[SH](=O)=O)O[SH](=O)=O. The first-order valence-corrected chi connectivity index (χ1v) is 4.98. The summed E-state index contributed by atoms with van der Waals surface area (Å²) < 4.78 is 48.3. The molecule has 0 rings (SSSR count). The third-order valence-corrected chi connectivity index (χ3v) is 1.77. The first-order chi connectivity index (χ1) is 5.06. The van der Waals surface area contributed by atoms with Crippen LogP contribution in [-0.2, 0) is 30.6 Å². The molecular formula is C3H8O6S2. The number of rotatable bonds is 5. The lowest BCUT2D eigenvalue weighted by atomic mass is 10.8. The lowest BCUT2D eigenvalue weighted by molar-refractivity contribution is -0.0274. The summed E-state index contributed by atoms with van der Waals surface area (Å²) >= 11 is 0. The molecule has 0 bridgehead atoms. The normalized spacial score (nSPS) is 14.1. The topological polar surface area (TPSA) is 86.7 Å². The van der Waals surface area contributed by atoms with Gasteiger partial charge in [0.15, 0.2) is 6.29 Å². The van der Waals surface area contributed by atoms with Gasteiger partial charge < -0.3 is 4.74 Å². The van der Waals surface area contributed by atoms with Gasteiger partial charge in [0, 0.05) is 7.11 Å². The largest absolute Gasteiger partial charge is 0.354 e. The summed E-state index contributed by atoms with van der Waals surface area (Å²) in [4.78, 5) is 0. The first-order valence-electron chi connectivity index (χ1n) is 2.52. The van der Waals surface area contributed by atoms with Crippen LogP contribution in [-0.4, -0.2) is 36.0 Å². The average Bonchev–Trinajstić information content (AvgIpc) is 1.84. The van der Waals surface area contributed by atoms with Crippen molar-refractivity contribution >= 4 is 21.7 Å². The summed E-state index contributed by atoms with van der Waals surface area (Å²) in [5.74, 6) is -0.463. The second-order valence-corrected chi connectivity index (χ2v) is 3.20. The minimum absolute atomic E-state index is 0.463. The maximum absolute atomic E-state index is 10.0. The van der Waals surface area contributed by atoms with Crippen molar-refractivity contribution in [1.82, 2.24) is 0 Å². The van der Waals surface area contributed by atoms with Gasteiger partial charge in [-0.1, -0.05) is 0 Å². The lowest BCUT2D eigenvalue weighted by Gasteiger charge is -2.06. The molecule has 0 N–H and O–H groups in total. The quantitative estimate of drug-likeness (QED) is 0.402. The van der Waals surface area contributed by atoms with Crippen LogP contribution in [0.2, 0.25) is 0 Å². The van der Waals surface area contributed by atoms with Crippen molar-refractivity contribution in [2.24, 2.45) is 0 Å². The molecule has 0 aromatic heterocycles. The molecule has 0 aromatic carbocycles. The lowest BCUT2D eigenvalue weighted by Crippen LogP contribution is -2.19. The fourth-order valence-electron chi connectivity index (χ4n) is 0.369. The summed E-state index contributed by atoms with van der Waals surface area (Å²) in [6, 6.07) is 0. The third kappa shape index (κ3) is 6.23. The Bertz CT molecular complexity index is 200. The molecule has 0 spiro atoms. The van der Waals surface area contributed by atoms with Crippen molar-refractivity contribution in [3.63, 3.8) is 0 Å². The van der Waals surface area contributed by atoms with Crippen LogP contribution >= 0.6 is 0 Å². The number of ether oxygens (including phenoxy) is 1. The van der Waals surface area contributed by atoms with Crippen LogP contribution in [0.25, 0.3) is 0 Å². The van der Waals surface area contributed by atoms with E-state index in [0.717, 1.165) is 7.11 Å². The molecule has 0 aromatic rings. The van der Waals surface area contributed by atoms with E-state index in [2.05, 4.69) is 8.92 Å². The minimum Gasteiger partial charge on any atom is -0.354 e. The van der Waals surface area contributed by atoms with Gasteiger partial charge in [-0.25, -0.2) is 21.0 Å². The van der Waals surface area contributed by atoms with E-state index in [9.17, 15) is 16.8 Å². The number of hydrogen-bond acceptors (Lipinski definition) is 6. The summed E-state index contributed by atoms with van der Waals surface area (Å²) in [7, 11) is -4.61. The average molecular weight is 204 g/mol. The van der Waals surface area contributed by atoms with Gasteiger partial charge in [-0.2, -0.15) is 0 Å². The summed E-state index contributed by atoms with van der Waals surface area (Å²) in [6.07, 6.45) is -1.22. The molecular weight excluding hydrogens is 196 g/mol. The molecule has 68 valence electrons. The highest BCUT2D eigenvalue weighted by Gasteiger charge is 2.09. The van der Waals surface area contributed by atoms with Crippen LogP contribution in [0, 0.1) is 0 Å². The zero-order valence-electron chi connectivity index (χ0n) is 5.63. The van der Waals surface area contributed by atoms with Gasteiger partial charge in [0.25, 0.3) is 11.0 Å². The van der Waals surface area contributed by atoms with Crippen LogP contribution < -0.4 is 0 Å². The van der Waals surface area contributed by atoms with Gasteiger partial charge in [-0.05, 0) is 0 Å². The van der Waals surface area contributed by atoms with Gasteiger partial charge >= 0.3 is 0 Å². The van der Waals surface area contributed by atoms with E-state index in [1.54, 1.807) is 0 Å². The fourth-order valence-corrected chi connectivity index (χ4v) is 1.31.